The highest BCUT2D eigenvalue weighted by atomic mass is 28.4. The van der Waals surface area contributed by atoms with Crippen molar-refractivity contribution in [2.75, 3.05) is 0 Å². The number of aryl methyl sites for hydroxylation is 1. The Labute approximate surface area is 128 Å². The molecule has 0 atom stereocenters. The van der Waals surface area contributed by atoms with E-state index in [9.17, 15) is 9.90 Å². The van der Waals surface area contributed by atoms with Gasteiger partial charge in [0.05, 0.1) is 0 Å². The summed E-state index contributed by atoms with van der Waals surface area (Å²) in [4.78, 5) is 11.6. The Hall–Kier alpha value is -1.29. The van der Waals surface area contributed by atoms with Crippen LogP contribution in [-0.2, 0) is 12.8 Å². The number of hydrogen-bond acceptors (Lipinski definition) is 2. The molecule has 116 valence electrons. The minimum absolute atomic E-state index is 0.0557. The van der Waals surface area contributed by atoms with Crippen LogP contribution in [0.4, 0.5) is 0 Å². The van der Waals surface area contributed by atoms with E-state index < -0.39 is 14.3 Å². The molecule has 0 amide bonds. The summed E-state index contributed by atoms with van der Waals surface area (Å²) in [6.45, 7) is 10.9. The molecule has 0 spiro atoms. The molecule has 0 bridgehead atoms. The second-order valence-electron chi connectivity index (χ2n) is 7.45. The van der Waals surface area contributed by atoms with Gasteiger partial charge in [0.15, 0.2) is 0 Å². The van der Waals surface area contributed by atoms with Gasteiger partial charge in [-0.05, 0) is 61.0 Å². The highest BCUT2D eigenvalue weighted by molar-refractivity contribution is 6.74. The molecule has 0 radical (unpaired) electrons. The van der Waals surface area contributed by atoms with E-state index in [1.165, 1.54) is 12.0 Å². The van der Waals surface area contributed by atoms with E-state index in [0.717, 1.165) is 24.8 Å². The third-order valence-electron chi connectivity index (χ3n) is 4.87. The van der Waals surface area contributed by atoms with Crippen LogP contribution in [-0.4, -0.2) is 19.4 Å². The zero-order valence-corrected chi connectivity index (χ0v) is 14.7. The molecule has 0 fully saturated rings. The van der Waals surface area contributed by atoms with E-state index >= 15 is 0 Å². The predicted molar refractivity (Wildman–Crippen MR) is 87.9 cm³/mol. The molecule has 1 aliphatic carbocycles. The zero-order chi connectivity index (χ0) is 15.8. The summed E-state index contributed by atoms with van der Waals surface area (Å²) in [5.41, 5.74) is 2.71. The molecule has 21 heavy (non-hydrogen) atoms. The Morgan fingerprint density at radius 3 is 2.38 bits per heavy atom. The zero-order valence-electron chi connectivity index (χ0n) is 13.7. The number of hydrogen-bond donors (Lipinski definition) is 1. The van der Waals surface area contributed by atoms with Gasteiger partial charge < -0.3 is 9.53 Å². The minimum atomic E-state index is -2.05. The van der Waals surface area contributed by atoms with Crippen LogP contribution in [0.5, 0.6) is 5.75 Å². The Bertz CT molecular complexity index is 556. The van der Waals surface area contributed by atoms with Gasteiger partial charge in [-0.1, -0.05) is 26.8 Å². The molecule has 3 nitrogen and oxygen atoms in total. The van der Waals surface area contributed by atoms with Gasteiger partial charge in [-0.2, -0.15) is 0 Å². The van der Waals surface area contributed by atoms with Gasteiger partial charge >= 0.3 is 5.97 Å². The average Bonchev–Trinajstić information content (AvgIpc) is 2.37. The molecule has 0 unspecified atom stereocenters. The normalized spacial score (nSPS) is 15.5. The van der Waals surface area contributed by atoms with Crippen molar-refractivity contribution in [2.45, 2.75) is 64.6 Å². The lowest BCUT2D eigenvalue weighted by Gasteiger charge is -2.38. The number of carboxylic acids is 1. The number of fused-ring (bicyclic) bond motifs is 1. The lowest BCUT2D eigenvalue weighted by molar-refractivity contribution is 0.0694. The molecular formula is C17H26O3Si. The molecule has 0 saturated heterocycles. The SMILES string of the molecule is CC(C)(C)[Si](C)(C)Oc1c(C(=O)O)ccc2c1CCCC2. The lowest BCUT2D eigenvalue weighted by atomic mass is 9.89. The summed E-state index contributed by atoms with van der Waals surface area (Å²) in [6.07, 6.45) is 4.26. The molecule has 0 heterocycles. The summed E-state index contributed by atoms with van der Waals surface area (Å²) in [5.74, 6) is -0.247. The molecule has 1 aromatic carbocycles. The fourth-order valence-corrected chi connectivity index (χ4v) is 3.54. The van der Waals surface area contributed by atoms with Gasteiger partial charge in [0, 0.05) is 0 Å². The highest BCUT2D eigenvalue weighted by Crippen LogP contribution is 2.41. The quantitative estimate of drug-likeness (QED) is 0.827. The van der Waals surface area contributed by atoms with Crippen molar-refractivity contribution in [3.63, 3.8) is 0 Å². The van der Waals surface area contributed by atoms with Crippen LogP contribution < -0.4 is 4.43 Å². The number of carbonyl (C=O) groups is 1. The van der Waals surface area contributed by atoms with Crippen LogP contribution in [0.3, 0.4) is 0 Å². The fourth-order valence-electron chi connectivity index (χ4n) is 2.49. The first kappa shape index (κ1) is 16.1. The third kappa shape index (κ3) is 3.15. The summed E-state index contributed by atoms with van der Waals surface area (Å²) >= 11 is 0. The molecular weight excluding hydrogens is 280 g/mol. The maximum absolute atomic E-state index is 11.6. The predicted octanol–water partition coefficient (Wildman–Crippen LogP) is 4.65. The van der Waals surface area contributed by atoms with Gasteiger partial charge in [-0.3, -0.25) is 0 Å². The largest absolute Gasteiger partial charge is 0.543 e. The molecule has 4 heteroatoms. The van der Waals surface area contributed by atoms with Crippen molar-refractivity contribution in [3.8, 4) is 5.75 Å². The molecule has 1 N–H and O–H groups in total. The summed E-state index contributed by atoms with van der Waals surface area (Å²) in [5, 5.41) is 9.56. The minimum Gasteiger partial charge on any atom is -0.543 e. The van der Waals surface area contributed by atoms with Crippen LogP contribution >= 0.6 is 0 Å². The molecule has 0 aliphatic heterocycles. The van der Waals surface area contributed by atoms with Crippen molar-refractivity contribution >= 4 is 14.3 Å². The third-order valence-corrected chi connectivity index (χ3v) is 9.20. The smallest absolute Gasteiger partial charge is 0.339 e. The highest BCUT2D eigenvalue weighted by Gasteiger charge is 2.40. The first-order valence-corrected chi connectivity index (χ1v) is 10.6. The summed E-state index contributed by atoms with van der Waals surface area (Å²) in [6, 6.07) is 3.69. The van der Waals surface area contributed by atoms with Crippen LogP contribution in [0, 0.1) is 0 Å². The maximum Gasteiger partial charge on any atom is 0.339 e. The van der Waals surface area contributed by atoms with Crippen molar-refractivity contribution in [3.05, 3.63) is 28.8 Å². The van der Waals surface area contributed by atoms with Crippen LogP contribution in [0.1, 0.15) is 55.1 Å². The Balaban J connectivity index is 2.52. The molecule has 0 saturated carbocycles. The Kier molecular flexibility index (Phi) is 4.20. The number of carboxylic acid groups (broad SMARTS) is 1. The number of aromatic carboxylic acids is 1. The van der Waals surface area contributed by atoms with Gasteiger partial charge in [0.2, 0.25) is 0 Å². The maximum atomic E-state index is 11.6. The second-order valence-corrected chi connectivity index (χ2v) is 12.2. The van der Waals surface area contributed by atoms with Crippen molar-refractivity contribution in [1.29, 1.82) is 0 Å². The standard InChI is InChI=1S/C17H26O3Si/c1-17(2,3)21(4,5)20-15-13-9-7-6-8-12(13)10-11-14(15)16(18)19/h10-11H,6-9H2,1-5H3,(H,18,19). The fraction of sp³-hybridized carbons (Fsp3) is 0.588. The van der Waals surface area contributed by atoms with E-state index in [0.29, 0.717) is 11.3 Å². The Morgan fingerprint density at radius 1 is 1.19 bits per heavy atom. The molecule has 2 rings (SSSR count). The van der Waals surface area contributed by atoms with E-state index in [1.807, 2.05) is 6.07 Å². The van der Waals surface area contributed by atoms with Crippen LogP contribution in [0.2, 0.25) is 18.1 Å². The second kappa shape index (κ2) is 5.48. The average molecular weight is 306 g/mol. The van der Waals surface area contributed by atoms with Gasteiger partial charge in [0.1, 0.15) is 11.3 Å². The van der Waals surface area contributed by atoms with Crippen molar-refractivity contribution < 1.29 is 14.3 Å². The van der Waals surface area contributed by atoms with Crippen molar-refractivity contribution in [1.82, 2.24) is 0 Å². The van der Waals surface area contributed by atoms with E-state index in [1.54, 1.807) is 6.07 Å². The van der Waals surface area contributed by atoms with E-state index in [2.05, 4.69) is 33.9 Å². The number of rotatable bonds is 3. The lowest BCUT2D eigenvalue weighted by Crippen LogP contribution is -2.44. The van der Waals surface area contributed by atoms with Crippen molar-refractivity contribution in [2.24, 2.45) is 0 Å². The molecule has 0 aromatic heterocycles. The van der Waals surface area contributed by atoms with E-state index in [-0.39, 0.29) is 5.04 Å². The first-order chi connectivity index (χ1) is 9.63. The Morgan fingerprint density at radius 2 is 1.81 bits per heavy atom. The van der Waals surface area contributed by atoms with Gasteiger partial charge in [0.25, 0.3) is 8.32 Å². The van der Waals surface area contributed by atoms with Gasteiger partial charge in [-0.15, -0.1) is 0 Å². The molecule has 1 aliphatic rings. The van der Waals surface area contributed by atoms with Crippen LogP contribution in [0.15, 0.2) is 12.1 Å². The number of benzene rings is 1. The topological polar surface area (TPSA) is 46.5 Å². The van der Waals surface area contributed by atoms with E-state index in [4.69, 9.17) is 4.43 Å². The van der Waals surface area contributed by atoms with Crippen LogP contribution in [0.25, 0.3) is 0 Å². The monoisotopic (exact) mass is 306 g/mol. The first-order valence-electron chi connectivity index (χ1n) is 7.70. The summed E-state index contributed by atoms with van der Waals surface area (Å²) in [7, 11) is -2.05. The summed E-state index contributed by atoms with van der Waals surface area (Å²) < 4.78 is 6.42. The van der Waals surface area contributed by atoms with Gasteiger partial charge in [-0.25, -0.2) is 4.79 Å². The molecule has 1 aromatic rings.